The molecular weight excluding hydrogens is 765 g/mol. The summed E-state index contributed by atoms with van der Waals surface area (Å²) in [7, 11) is 1.54. The molecule has 6 N–H and O–H groups in total. The first-order valence-corrected chi connectivity index (χ1v) is 20.7. The van der Waals surface area contributed by atoms with Gasteiger partial charge in [-0.25, -0.2) is 4.79 Å². The quantitative estimate of drug-likeness (QED) is 0.0452. The molecule has 0 radical (unpaired) electrons. The third-order valence-electron chi connectivity index (χ3n) is 10.9. The van der Waals surface area contributed by atoms with Crippen molar-refractivity contribution < 1.29 is 38.7 Å². The fourth-order valence-electron chi connectivity index (χ4n) is 7.53. The highest BCUT2D eigenvalue weighted by Gasteiger charge is 2.42. The number of nitrogens with zero attached hydrogens (tertiary/aromatic N) is 1. The summed E-state index contributed by atoms with van der Waals surface area (Å²) < 4.78 is 0. The summed E-state index contributed by atoms with van der Waals surface area (Å²) in [4.78, 5) is 95.1. The van der Waals surface area contributed by atoms with Crippen molar-refractivity contribution in [1.82, 2.24) is 20.9 Å². The first kappa shape index (κ1) is 46.5. The zero-order valence-corrected chi connectivity index (χ0v) is 34.6. The van der Waals surface area contributed by atoms with Crippen LogP contribution in [0.4, 0.5) is 16.2 Å². The molecule has 1 saturated carbocycles. The van der Waals surface area contributed by atoms with Crippen LogP contribution in [-0.4, -0.2) is 71.0 Å². The highest BCUT2D eigenvalue weighted by molar-refractivity contribution is 6.00. The second-order valence-corrected chi connectivity index (χ2v) is 15.5. The third-order valence-corrected chi connectivity index (χ3v) is 10.9. The second kappa shape index (κ2) is 24.0. The predicted octanol–water partition coefficient (Wildman–Crippen LogP) is 6.55. The van der Waals surface area contributed by atoms with Gasteiger partial charge in [-0.1, -0.05) is 62.1 Å². The van der Waals surface area contributed by atoms with Gasteiger partial charge >= 0.3 is 12.0 Å². The number of Topliss-reactive ketones (excluding diaryl/α,β-unsaturated/α-hetero) is 2. The minimum absolute atomic E-state index is 0.0222. The van der Waals surface area contributed by atoms with Gasteiger partial charge in [0.15, 0.2) is 5.78 Å². The number of carbonyl (C=O) groups is 7. The van der Waals surface area contributed by atoms with Crippen LogP contribution in [0.5, 0.6) is 0 Å². The van der Waals surface area contributed by atoms with Crippen molar-refractivity contribution in [3.05, 3.63) is 95.8 Å². The van der Waals surface area contributed by atoms with Crippen LogP contribution >= 0.6 is 0 Å². The van der Waals surface area contributed by atoms with Crippen LogP contribution in [0.15, 0.2) is 79.1 Å². The number of unbranched alkanes of at least 4 members (excludes halogenated alkanes) is 1. The average molecular weight is 823 g/mol. The number of benzene rings is 2. The number of hydrogen-bond acceptors (Lipinski definition) is 8. The number of ketones is 2. The first-order valence-electron chi connectivity index (χ1n) is 20.7. The van der Waals surface area contributed by atoms with E-state index in [0.29, 0.717) is 49.2 Å². The number of hydrogen-bond donors (Lipinski definition) is 6. The third kappa shape index (κ3) is 15.5. The monoisotopic (exact) mass is 822 g/mol. The number of para-hydroxylation sites is 1. The maximum absolute atomic E-state index is 14.1. The molecule has 1 aliphatic carbocycles. The Balaban J connectivity index is 1.42. The van der Waals surface area contributed by atoms with Crippen LogP contribution in [0.25, 0.3) is 6.08 Å². The van der Waals surface area contributed by atoms with E-state index in [1.807, 2.05) is 31.2 Å². The Labute approximate surface area is 351 Å². The minimum atomic E-state index is -1.04. The highest BCUT2D eigenvalue weighted by atomic mass is 16.4. The van der Waals surface area contributed by atoms with Gasteiger partial charge in [0.05, 0.1) is 11.5 Å². The van der Waals surface area contributed by atoms with Crippen LogP contribution in [0.3, 0.4) is 0 Å². The van der Waals surface area contributed by atoms with Crippen LogP contribution < -0.4 is 26.6 Å². The molecule has 2 aromatic carbocycles. The number of nitrogens with one attached hydrogen (secondary N) is 5. The molecule has 0 spiro atoms. The van der Waals surface area contributed by atoms with Crippen molar-refractivity contribution in [3.8, 4) is 0 Å². The fraction of sp³-hybridized carbons (Fsp3) is 0.435. The maximum Gasteiger partial charge on any atom is 0.323 e. The number of rotatable bonds is 23. The van der Waals surface area contributed by atoms with Crippen molar-refractivity contribution in [2.24, 2.45) is 11.3 Å². The van der Waals surface area contributed by atoms with Crippen LogP contribution in [-0.2, 0) is 35.2 Å². The Morgan fingerprint density at radius 3 is 2.30 bits per heavy atom. The Hall–Kier alpha value is -6.18. The lowest BCUT2D eigenvalue weighted by Gasteiger charge is -2.36. The highest BCUT2D eigenvalue weighted by Crippen LogP contribution is 2.40. The number of carboxylic acid groups (broad SMARTS) is 1. The van der Waals surface area contributed by atoms with Crippen molar-refractivity contribution >= 4 is 58.7 Å². The topological polar surface area (TPSA) is 213 Å². The van der Waals surface area contributed by atoms with Crippen molar-refractivity contribution in [2.75, 3.05) is 24.2 Å². The van der Waals surface area contributed by atoms with Gasteiger partial charge in [-0.2, -0.15) is 0 Å². The molecule has 0 saturated heterocycles. The SMILES string of the molecule is CNC(=O)C1(CC(=O)[C@H](CCCC(=O)O)NC(=O)[C@H](CCCCNC(=O)/C=C/c2cccnc2)CC(=O)Cc2ccc(NC(=O)Nc3ccccc3C)cc2)CCCCC1. The summed E-state index contributed by atoms with van der Waals surface area (Å²) in [5, 5.41) is 23.3. The summed E-state index contributed by atoms with van der Waals surface area (Å²) in [6, 6.07) is 16.4. The first-order chi connectivity index (χ1) is 28.9. The molecule has 14 heteroatoms. The van der Waals surface area contributed by atoms with Crippen molar-refractivity contribution in [2.45, 2.75) is 103 Å². The number of pyridine rings is 1. The minimum Gasteiger partial charge on any atom is -0.481 e. The zero-order chi connectivity index (χ0) is 43.3. The molecular formula is C46H58N6O8. The number of aromatic nitrogens is 1. The van der Waals surface area contributed by atoms with Crippen molar-refractivity contribution in [1.29, 1.82) is 0 Å². The molecule has 0 aliphatic heterocycles. The molecule has 1 heterocycles. The van der Waals surface area contributed by atoms with E-state index >= 15 is 0 Å². The molecule has 14 nitrogen and oxygen atoms in total. The van der Waals surface area contributed by atoms with Gasteiger partial charge in [-0.05, 0) is 92.5 Å². The fourth-order valence-corrected chi connectivity index (χ4v) is 7.53. The summed E-state index contributed by atoms with van der Waals surface area (Å²) in [5.41, 5.74) is 2.69. The van der Waals surface area contributed by atoms with Gasteiger partial charge in [-0.15, -0.1) is 0 Å². The molecule has 1 aliphatic rings. The van der Waals surface area contributed by atoms with E-state index in [0.717, 1.165) is 30.4 Å². The molecule has 1 aromatic heterocycles. The smallest absolute Gasteiger partial charge is 0.323 e. The van der Waals surface area contributed by atoms with Gasteiger partial charge < -0.3 is 31.7 Å². The molecule has 60 heavy (non-hydrogen) atoms. The molecule has 3 aromatic rings. The molecule has 0 bridgehead atoms. The number of carboxylic acids is 1. The molecule has 320 valence electrons. The number of amides is 5. The molecule has 0 unspecified atom stereocenters. The van der Waals surface area contributed by atoms with Gasteiger partial charge in [0.2, 0.25) is 17.7 Å². The number of aryl methyl sites for hydroxylation is 1. The predicted molar refractivity (Wildman–Crippen MR) is 230 cm³/mol. The zero-order valence-electron chi connectivity index (χ0n) is 34.6. The van der Waals surface area contributed by atoms with E-state index < -0.39 is 35.3 Å². The normalized spacial score (nSPS) is 14.3. The van der Waals surface area contributed by atoms with E-state index in [1.165, 1.54) is 6.08 Å². The summed E-state index contributed by atoms with van der Waals surface area (Å²) in [6.45, 7) is 2.22. The van der Waals surface area contributed by atoms with Crippen LogP contribution in [0, 0.1) is 18.3 Å². The Bertz CT molecular complexity index is 1960. The lowest BCUT2D eigenvalue weighted by molar-refractivity contribution is -0.139. The molecule has 1 fully saturated rings. The maximum atomic E-state index is 14.1. The van der Waals surface area contributed by atoms with Crippen LogP contribution in [0.1, 0.15) is 100 Å². The Morgan fingerprint density at radius 1 is 0.867 bits per heavy atom. The summed E-state index contributed by atoms with van der Waals surface area (Å²) in [5.74, 6) is -3.40. The average Bonchev–Trinajstić information content (AvgIpc) is 3.23. The number of anilines is 2. The lowest BCUT2D eigenvalue weighted by atomic mass is 9.69. The van der Waals surface area contributed by atoms with E-state index in [-0.39, 0.29) is 68.3 Å². The van der Waals surface area contributed by atoms with Gasteiger partial charge in [0.25, 0.3) is 0 Å². The van der Waals surface area contributed by atoms with Crippen molar-refractivity contribution in [3.63, 3.8) is 0 Å². The van der Waals surface area contributed by atoms with E-state index in [4.69, 9.17) is 0 Å². The second-order valence-electron chi connectivity index (χ2n) is 15.5. The van der Waals surface area contributed by atoms with Gasteiger partial charge in [0, 0.05) is 75.0 Å². The number of urea groups is 1. The number of aliphatic carboxylic acids is 1. The van der Waals surface area contributed by atoms with E-state index in [9.17, 15) is 38.7 Å². The van der Waals surface area contributed by atoms with Crippen LogP contribution in [0.2, 0.25) is 0 Å². The van der Waals surface area contributed by atoms with Gasteiger partial charge in [0.1, 0.15) is 5.78 Å². The summed E-state index contributed by atoms with van der Waals surface area (Å²) in [6.07, 6.45) is 11.1. The Morgan fingerprint density at radius 2 is 1.62 bits per heavy atom. The summed E-state index contributed by atoms with van der Waals surface area (Å²) >= 11 is 0. The standard InChI is InChI=1S/C46H58N6O8/c1-32-12-4-5-15-38(32)52-45(60)50-36-21-18-33(19-22-36)28-37(53)29-35(14-6-9-27-49-41(55)23-20-34-13-11-26-48-31-34)43(58)51-39(16-10-17-42(56)57)40(54)30-46(44(59)47-2)24-7-3-8-25-46/h4-5,11-13,15,18-23,26,31,35,39H,3,6-10,14,16-17,24-25,27-30H2,1-2H3,(H,47,59)(H,49,55)(H,51,58)(H,56,57)(H2,50,52,60)/b23-20+/t35-,39+/m1/s1. The van der Waals surface area contributed by atoms with Gasteiger partial charge in [-0.3, -0.25) is 33.8 Å². The van der Waals surface area contributed by atoms with E-state index in [1.54, 1.807) is 61.9 Å². The number of carbonyl (C=O) groups excluding carboxylic acids is 6. The Kier molecular flexibility index (Phi) is 18.6. The lowest BCUT2D eigenvalue weighted by Crippen LogP contribution is -2.48. The molecule has 4 rings (SSSR count). The van der Waals surface area contributed by atoms with E-state index in [2.05, 4.69) is 31.6 Å². The molecule has 2 atom stereocenters. The molecule has 5 amide bonds. The largest absolute Gasteiger partial charge is 0.481 e.